The van der Waals surface area contributed by atoms with Crippen molar-refractivity contribution in [3.05, 3.63) is 52.4 Å². The number of hydrogen-bond acceptors (Lipinski definition) is 6. The predicted octanol–water partition coefficient (Wildman–Crippen LogP) is 2.31. The molecule has 0 aliphatic carbocycles. The highest BCUT2D eigenvalue weighted by Crippen LogP contribution is 2.35. The number of nitrogens with one attached hydrogen (secondary N) is 1. The molecule has 1 aliphatic rings. The van der Waals surface area contributed by atoms with Gasteiger partial charge in [-0.15, -0.1) is 0 Å². The van der Waals surface area contributed by atoms with Crippen molar-refractivity contribution in [2.45, 2.75) is 6.54 Å². The number of imide groups is 2. The molecule has 1 aromatic heterocycles. The molecule has 2 heterocycles. The number of methoxy groups -OCH3 is 1. The highest BCUT2D eigenvalue weighted by Gasteiger charge is 2.36. The SMILES string of the molecule is COc1cc(/C=C2\C(=O)NC(=O)N(Cc3ccco3)C2=O)cc(Cl)c1O. The van der Waals surface area contributed by atoms with Gasteiger partial charge < -0.3 is 14.3 Å². The number of phenolic OH excluding ortho intramolecular Hbond substituents is 1. The molecule has 9 heteroatoms. The number of aromatic hydroxyl groups is 1. The second kappa shape index (κ2) is 6.93. The number of hydrogen-bond donors (Lipinski definition) is 2. The smallest absolute Gasteiger partial charge is 0.331 e. The lowest BCUT2D eigenvalue weighted by Crippen LogP contribution is -2.53. The summed E-state index contributed by atoms with van der Waals surface area (Å²) in [6.45, 7) is -0.123. The average Bonchev–Trinajstić information content (AvgIpc) is 3.11. The maximum absolute atomic E-state index is 12.6. The van der Waals surface area contributed by atoms with E-state index in [1.54, 1.807) is 12.1 Å². The molecule has 2 aromatic rings. The Balaban J connectivity index is 1.96. The average molecular weight is 377 g/mol. The van der Waals surface area contributed by atoms with Crippen LogP contribution in [-0.4, -0.2) is 35.0 Å². The number of benzene rings is 1. The Bertz CT molecular complexity index is 920. The van der Waals surface area contributed by atoms with Crippen molar-refractivity contribution in [3.8, 4) is 11.5 Å². The van der Waals surface area contributed by atoms with E-state index in [1.165, 1.54) is 31.6 Å². The van der Waals surface area contributed by atoms with Gasteiger partial charge in [0.1, 0.15) is 11.3 Å². The second-order valence-electron chi connectivity index (χ2n) is 5.34. The molecule has 26 heavy (non-hydrogen) atoms. The van der Waals surface area contributed by atoms with Gasteiger partial charge in [-0.3, -0.25) is 19.8 Å². The van der Waals surface area contributed by atoms with E-state index in [4.69, 9.17) is 20.8 Å². The van der Waals surface area contributed by atoms with Gasteiger partial charge in [0.2, 0.25) is 0 Å². The van der Waals surface area contributed by atoms with Crippen LogP contribution < -0.4 is 10.1 Å². The molecule has 1 aromatic carbocycles. The maximum atomic E-state index is 12.6. The van der Waals surface area contributed by atoms with E-state index in [-0.39, 0.29) is 28.6 Å². The van der Waals surface area contributed by atoms with E-state index in [0.717, 1.165) is 4.90 Å². The van der Waals surface area contributed by atoms with Crippen LogP contribution in [0.25, 0.3) is 6.08 Å². The van der Waals surface area contributed by atoms with Crippen LogP contribution in [0.2, 0.25) is 5.02 Å². The third-order valence-corrected chi connectivity index (χ3v) is 3.95. The first kappa shape index (κ1) is 17.6. The summed E-state index contributed by atoms with van der Waals surface area (Å²) in [7, 11) is 1.34. The van der Waals surface area contributed by atoms with Gasteiger partial charge in [-0.1, -0.05) is 11.6 Å². The van der Waals surface area contributed by atoms with E-state index in [0.29, 0.717) is 11.3 Å². The molecule has 4 amide bonds. The minimum atomic E-state index is -0.838. The normalized spacial score (nSPS) is 16.2. The summed E-state index contributed by atoms with van der Waals surface area (Å²) >= 11 is 5.91. The van der Waals surface area contributed by atoms with Gasteiger partial charge in [0.25, 0.3) is 11.8 Å². The van der Waals surface area contributed by atoms with E-state index >= 15 is 0 Å². The van der Waals surface area contributed by atoms with Crippen molar-refractivity contribution in [1.29, 1.82) is 0 Å². The summed E-state index contributed by atoms with van der Waals surface area (Å²) in [5, 5.41) is 11.9. The highest BCUT2D eigenvalue weighted by molar-refractivity contribution is 6.33. The summed E-state index contributed by atoms with van der Waals surface area (Å²) < 4.78 is 10.1. The summed E-state index contributed by atoms with van der Waals surface area (Å²) in [6.07, 6.45) is 2.67. The molecule has 8 nitrogen and oxygen atoms in total. The largest absolute Gasteiger partial charge is 0.503 e. The zero-order valence-corrected chi connectivity index (χ0v) is 14.2. The lowest BCUT2D eigenvalue weighted by molar-refractivity contribution is -0.130. The molecule has 0 atom stereocenters. The summed E-state index contributed by atoms with van der Waals surface area (Å²) in [5.74, 6) is -1.41. The summed E-state index contributed by atoms with van der Waals surface area (Å²) in [6, 6.07) is 5.15. The minimum absolute atomic E-state index is 0.0108. The third kappa shape index (κ3) is 3.27. The number of nitrogens with zero attached hydrogens (tertiary/aromatic N) is 1. The van der Waals surface area contributed by atoms with E-state index in [2.05, 4.69) is 5.32 Å². The number of barbiturate groups is 1. The predicted molar refractivity (Wildman–Crippen MR) is 90.4 cm³/mol. The molecular formula is C17H13ClN2O6. The van der Waals surface area contributed by atoms with Crippen LogP contribution in [0.15, 0.2) is 40.5 Å². The number of phenols is 1. The molecule has 0 bridgehead atoms. The van der Waals surface area contributed by atoms with E-state index < -0.39 is 17.8 Å². The molecule has 2 N–H and O–H groups in total. The number of urea groups is 1. The minimum Gasteiger partial charge on any atom is -0.503 e. The Labute approximate surface area is 152 Å². The Hall–Kier alpha value is -3.26. The Kier molecular flexibility index (Phi) is 4.68. The third-order valence-electron chi connectivity index (χ3n) is 3.66. The number of ether oxygens (including phenoxy) is 1. The fourth-order valence-electron chi connectivity index (χ4n) is 2.40. The standard InChI is InChI=1S/C17H13ClN2O6/c1-25-13-7-9(6-12(18)14(13)21)5-11-15(22)19-17(24)20(16(11)23)8-10-3-2-4-26-10/h2-7,21H,8H2,1H3,(H,19,22,24)/b11-5+. The first-order valence-corrected chi connectivity index (χ1v) is 7.76. The number of halogens is 1. The first-order chi connectivity index (χ1) is 12.4. The fourth-order valence-corrected chi connectivity index (χ4v) is 2.61. The number of carbonyl (C=O) groups excluding carboxylic acids is 3. The monoisotopic (exact) mass is 376 g/mol. The van der Waals surface area contributed by atoms with Crippen LogP contribution in [-0.2, 0) is 16.1 Å². The number of amides is 4. The topological polar surface area (TPSA) is 109 Å². The number of furan rings is 1. The van der Waals surface area contributed by atoms with Crippen molar-refractivity contribution in [3.63, 3.8) is 0 Å². The number of carbonyl (C=O) groups is 3. The molecule has 1 aliphatic heterocycles. The Morgan fingerprint density at radius 2 is 2.12 bits per heavy atom. The van der Waals surface area contributed by atoms with Crippen molar-refractivity contribution in [2.24, 2.45) is 0 Å². The van der Waals surface area contributed by atoms with Crippen LogP contribution in [0.1, 0.15) is 11.3 Å². The molecule has 3 rings (SSSR count). The van der Waals surface area contributed by atoms with Gasteiger partial charge in [0.15, 0.2) is 11.5 Å². The van der Waals surface area contributed by atoms with Crippen molar-refractivity contribution in [1.82, 2.24) is 10.2 Å². The molecule has 0 spiro atoms. The fraction of sp³-hybridized carbons (Fsp3) is 0.118. The molecule has 1 fully saturated rings. The van der Waals surface area contributed by atoms with Crippen LogP contribution in [0, 0.1) is 0 Å². The second-order valence-corrected chi connectivity index (χ2v) is 5.75. The summed E-state index contributed by atoms with van der Waals surface area (Å²) in [4.78, 5) is 37.5. The molecule has 0 saturated carbocycles. The zero-order valence-electron chi connectivity index (χ0n) is 13.5. The quantitative estimate of drug-likeness (QED) is 0.626. The van der Waals surface area contributed by atoms with Gasteiger partial charge in [-0.2, -0.15) is 0 Å². The van der Waals surface area contributed by atoms with Gasteiger partial charge in [0.05, 0.1) is 24.9 Å². The van der Waals surface area contributed by atoms with Crippen molar-refractivity contribution >= 4 is 35.5 Å². The van der Waals surface area contributed by atoms with E-state index in [9.17, 15) is 19.5 Å². The Morgan fingerprint density at radius 1 is 1.35 bits per heavy atom. The molecule has 134 valence electrons. The maximum Gasteiger partial charge on any atom is 0.331 e. The van der Waals surface area contributed by atoms with Crippen LogP contribution in [0.3, 0.4) is 0 Å². The highest BCUT2D eigenvalue weighted by atomic mass is 35.5. The molecule has 0 radical (unpaired) electrons. The van der Waals surface area contributed by atoms with Crippen LogP contribution >= 0.6 is 11.6 Å². The lowest BCUT2D eigenvalue weighted by atomic mass is 10.1. The first-order valence-electron chi connectivity index (χ1n) is 7.38. The van der Waals surface area contributed by atoms with Crippen LogP contribution in [0.4, 0.5) is 4.79 Å². The van der Waals surface area contributed by atoms with Gasteiger partial charge in [-0.05, 0) is 35.9 Å². The van der Waals surface area contributed by atoms with E-state index in [1.807, 2.05) is 0 Å². The van der Waals surface area contributed by atoms with Gasteiger partial charge >= 0.3 is 6.03 Å². The Morgan fingerprint density at radius 3 is 2.77 bits per heavy atom. The molecular weight excluding hydrogens is 364 g/mol. The lowest BCUT2D eigenvalue weighted by Gasteiger charge is -2.25. The molecule has 1 saturated heterocycles. The van der Waals surface area contributed by atoms with Gasteiger partial charge in [-0.25, -0.2) is 4.79 Å². The van der Waals surface area contributed by atoms with Crippen molar-refractivity contribution in [2.75, 3.05) is 7.11 Å². The van der Waals surface area contributed by atoms with Crippen molar-refractivity contribution < 1.29 is 28.6 Å². The molecule has 0 unspecified atom stereocenters. The van der Waals surface area contributed by atoms with Crippen LogP contribution in [0.5, 0.6) is 11.5 Å². The summed E-state index contributed by atoms with van der Waals surface area (Å²) in [5.41, 5.74) is 0.0791. The number of rotatable bonds is 4. The van der Waals surface area contributed by atoms with Gasteiger partial charge in [0, 0.05) is 0 Å². The zero-order chi connectivity index (χ0) is 18.8.